The van der Waals surface area contributed by atoms with Crippen LogP contribution in [0.15, 0.2) is 41.3 Å². The molecular weight excluding hydrogens is 282 g/mol. The molecule has 0 unspecified atom stereocenters. The Kier molecular flexibility index (Phi) is 3.49. The highest BCUT2D eigenvalue weighted by molar-refractivity contribution is 9.10. The molecule has 0 spiro atoms. The highest BCUT2D eigenvalue weighted by Crippen LogP contribution is 2.16. The summed E-state index contributed by atoms with van der Waals surface area (Å²) in [6, 6.07) is 3.47. The topological polar surface area (TPSA) is 47.8 Å². The van der Waals surface area contributed by atoms with Gasteiger partial charge in [-0.3, -0.25) is 14.5 Å². The fourth-order valence-electron chi connectivity index (χ4n) is 1.37. The van der Waals surface area contributed by atoms with Gasteiger partial charge in [0.05, 0.1) is 16.4 Å². The predicted molar refractivity (Wildman–Crippen MR) is 68.5 cm³/mol. The Morgan fingerprint density at radius 2 is 2.29 bits per heavy atom. The van der Waals surface area contributed by atoms with Gasteiger partial charge >= 0.3 is 0 Å². The molecule has 0 N–H and O–H groups in total. The monoisotopic (exact) mass is 291 g/mol. The minimum atomic E-state index is -0.0776. The van der Waals surface area contributed by atoms with Crippen LogP contribution in [0.5, 0.6) is 0 Å². The lowest BCUT2D eigenvalue weighted by atomic mass is 10.2. The molecule has 0 saturated heterocycles. The molecule has 0 fully saturated rings. The first kappa shape index (κ1) is 11.7. The molecular formula is C12H10BrN3O. The van der Waals surface area contributed by atoms with E-state index in [1.54, 1.807) is 41.5 Å². The standard InChI is InChI=1S/C12H10BrN3O/c1-16-11(10(13)8-15-16)4-5-12(17)9-3-2-6-14-7-9/h2-8H,1H3/b5-4+. The van der Waals surface area contributed by atoms with Crippen molar-refractivity contribution in [3.63, 3.8) is 0 Å². The Balaban J connectivity index is 2.20. The summed E-state index contributed by atoms with van der Waals surface area (Å²) in [5, 5.41) is 4.06. The summed E-state index contributed by atoms with van der Waals surface area (Å²) < 4.78 is 2.55. The lowest BCUT2D eigenvalue weighted by molar-refractivity contribution is 0.104. The first-order valence-electron chi connectivity index (χ1n) is 4.98. The van der Waals surface area contributed by atoms with Gasteiger partial charge in [-0.25, -0.2) is 0 Å². The molecule has 0 radical (unpaired) electrons. The van der Waals surface area contributed by atoms with Crippen LogP contribution in [0.1, 0.15) is 16.1 Å². The Labute approximate surface area is 107 Å². The number of allylic oxidation sites excluding steroid dienone is 1. The lowest BCUT2D eigenvalue weighted by Crippen LogP contribution is -1.96. The molecule has 0 aliphatic heterocycles. The average molecular weight is 292 g/mol. The van der Waals surface area contributed by atoms with Gasteiger partial charge < -0.3 is 0 Å². The highest BCUT2D eigenvalue weighted by atomic mass is 79.9. The number of halogens is 1. The quantitative estimate of drug-likeness (QED) is 0.645. The van der Waals surface area contributed by atoms with Crippen molar-refractivity contribution < 1.29 is 4.79 Å². The van der Waals surface area contributed by atoms with Crippen LogP contribution in [0.25, 0.3) is 6.08 Å². The van der Waals surface area contributed by atoms with Crippen LogP contribution in [0.2, 0.25) is 0 Å². The molecule has 0 amide bonds. The molecule has 0 aliphatic carbocycles. The van der Waals surface area contributed by atoms with E-state index in [0.717, 1.165) is 10.2 Å². The van der Waals surface area contributed by atoms with Gasteiger partial charge in [0.25, 0.3) is 0 Å². The summed E-state index contributed by atoms with van der Waals surface area (Å²) >= 11 is 3.37. The summed E-state index contributed by atoms with van der Waals surface area (Å²) in [7, 11) is 1.82. The van der Waals surface area contributed by atoms with E-state index < -0.39 is 0 Å². The minimum Gasteiger partial charge on any atom is -0.289 e. The van der Waals surface area contributed by atoms with Crippen LogP contribution in [0.4, 0.5) is 0 Å². The van der Waals surface area contributed by atoms with Crippen molar-refractivity contribution in [2.45, 2.75) is 0 Å². The fraction of sp³-hybridized carbons (Fsp3) is 0.0833. The van der Waals surface area contributed by atoms with E-state index in [0.29, 0.717) is 5.56 Å². The van der Waals surface area contributed by atoms with Crippen LogP contribution >= 0.6 is 15.9 Å². The normalized spacial score (nSPS) is 10.9. The van der Waals surface area contributed by atoms with Gasteiger partial charge in [-0.1, -0.05) is 0 Å². The first-order chi connectivity index (χ1) is 8.18. The van der Waals surface area contributed by atoms with Crippen molar-refractivity contribution in [1.29, 1.82) is 0 Å². The minimum absolute atomic E-state index is 0.0776. The summed E-state index contributed by atoms with van der Waals surface area (Å²) in [6.07, 6.45) is 8.11. The Bertz CT molecular complexity index is 541. The van der Waals surface area contributed by atoms with Crippen LogP contribution < -0.4 is 0 Å². The van der Waals surface area contributed by atoms with E-state index in [4.69, 9.17) is 0 Å². The molecule has 2 heterocycles. The number of pyridine rings is 1. The summed E-state index contributed by atoms with van der Waals surface area (Å²) in [5.41, 5.74) is 1.42. The van der Waals surface area contributed by atoms with Crippen molar-refractivity contribution in [2.24, 2.45) is 7.05 Å². The van der Waals surface area contributed by atoms with Crippen molar-refractivity contribution in [1.82, 2.24) is 14.8 Å². The zero-order valence-electron chi connectivity index (χ0n) is 9.17. The van der Waals surface area contributed by atoms with Gasteiger partial charge in [0.2, 0.25) is 0 Å². The maximum atomic E-state index is 11.8. The van der Waals surface area contributed by atoms with Gasteiger partial charge in [-0.15, -0.1) is 0 Å². The largest absolute Gasteiger partial charge is 0.289 e. The third kappa shape index (κ3) is 2.68. The number of ketones is 1. The number of hydrogen-bond donors (Lipinski definition) is 0. The van der Waals surface area contributed by atoms with E-state index in [2.05, 4.69) is 26.0 Å². The summed E-state index contributed by atoms with van der Waals surface area (Å²) in [4.78, 5) is 15.7. The molecule has 17 heavy (non-hydrogen) atoms. The lowest BCUT2D eigenvalue weighted by Gasteiger charge is -1.96. The maximum Gasteiger partial charge on any atom is 0.187 e. The third-order valence-corrected chi connectivity index (χ3v) is 2.89. The van der Waals surface area contributed by atoms with Crippen LogP contribution in [-0.4, -0.2) is 20.5 Å². The predicted octanol–water partition coefficient (Wildman–Crippen LogP) is 2.47. The second-order valence-corrected chi connectivity index (χ2v) is 4.29. The number of rotatable bonds is 3. The maximum absolute atomic E-state index is 11.8. The van der Waals surface area contributed by atoms with E-state index in [9.17, 15) is 4.79 Å². The summed E-state index contributed by atoms with van der Waals surface area (Å²) in [5.74, 6) is -0.0776. The van der Waals surface area contributed by atoms with Crippen molar-refractivity contribution in [2.75, 3.05) is 0 Å². The van der Waals surface area contributed by atoms with Gasteiger partial charge in [-0.2, -0.15) is 5.10 Å². The fourth-order valence-corrected chi connectivity index (χ4v) is 1.85. The molecule has 0 atom stereocenters. The number of carbonyl (C=O) groups is 1. The molecule has 0 bridgehead atoms. The zero-order valence-corrected chi connectivity index (χ0v) is 10.8. The number of aryl methyl sites for hydroxylation is 1. The number of aromatic nitrogens is 3. The molecule has 0 aliphatic rings. The number of hydrogen-bond acceptors (Lipinski definition) is 3. The van der Waals surface area contributed by atoms with E-state index in [-0.39, 0.29) is 5.78 Å². The molecule has 2 rings (SSSR count). The molecule has 2 aromatic heterocycles. The second kappa shape index (κ2) is 5.05. The molecule has 5 heteroatoms. The SMILES string of the molecule is Cn1ncc(Br)c1/C=C/C(=O)c1cccnc1. The molecule has 2 aromatic rings. The van der Waals surface area contributed by atoms with Gasteiger partial charge in [0.1, 0.15) is 0 Å². The third-order valence-electron chi connectivity index (χ3n) is 2.28. The van der Waals surface area contributed by atoms with Crippen LogP contribution in [0.3, 0.4) is 0 Å². The molecule has 0 saturated carbocycles. The second-order valence-electron chi connectivity index (χ2n) is 3.44. The van der Waals surface area contributed by atoms with E-state index in [1.807, 2.05) is 7.05 Å². The van der Waals surface area contributed by atoms with Crippen molar-refractivity contribution >= 4 is 27.8 Å². The smallest absolute Gasteiger partial charge is 0.187 e. The van der Waals surface area contributed by atoms with Crippen LogP contribution in [0, 0.1) is 0 Å². The number of carbonyl (C=O) groups excluding carboxylic acids is 1. The van der Waals surface area contributed by atoms with E-state index in [1.165, 1.54) is 6.08 Å². The van der Waals surface area contributed by atoms with Crippen molar-refractivity contribution in [3.8, 4) is 0 Å². The van der Waals surface area contributed by atoms with Gasteiger partial charge in [0.15, 0.2) is 5.78 Å². The van der Waals surface area contributed by atoms with Crippen LogP contribution in [-0.2, 0) is 7.05 Å². The average Bonchev–Trinajstić information content (AvgIpc) is 2.67. The Hall–Kier alpha value is -1.75. The first-order valence-corrected chi connectivity index (χ1v) is 5.77. The number of nitrogens with zero attached hydrogens (tertiary/aromatic N) is 3. The molecule has 4 nitrogen and oxygen atoms in total. The summed E-state index contributed by atoms with van der Waals surface area (Å²) in [6.45, 7) is 0. The van der Waals surface area contributed by atoms with Crippen molar-refractivity contribution in [3.05, 3.63) is 52.5 Å². The van der Waals surface area contributed by atoms with Gasteiger partial charge in [0, 0.05) is 25.0 Å². The highest BCUT2D eigenvalue weighted by Gasteiger charge is 2.04. The molecule has 0 aromatic carbocycles. The van der Waals surface area contributed by atoms with E-state index >= 15 is 0 Å². The van der Waals surface area contributed by atoms with Gasteiger partial charge in [-0.05, 0) is 40.2 Å². The molecule has 86 valence electrons. The zero-order chi connectivity index (χ0) is 12.3. The Morgan fingerprint density at radius 1 is 1.47 bits per heavy atom. The Morgan fingerprint density at radius 3 is 2.88 bits per heavy atom.